The zero-order valence-electron chi connectivity index (χ0n) is 19.2. The van der Waals surface area contributed by atoms with Crippen LogP contribution in [0, 0.1) is 0 Å². The molecule has 5 heterocycles. The monoisotopic (exact) mass is 448 g/mol. The van der Waals surface area contributed by atoms with Crippen LogP contribution in [0.2, 0.25) is 0 Å². The topological polar surface area (TPSA) is 81.9 Å². The van der Waals surface area contributed by atoms with Gasteiger partial charge in [-0.25, -0.2) is 15.0 Å². The molecule has 0 bridgehead atoms. The number of amides is 1. The second-order valence-corrected chi connectivity index (χ2v) is 8.93. The first-order valence-electron chi connectivity index (χ1n) is 11.9. The van der Waals surface area contributed by atoms with Crippen LogP contribution in [0.4, 0.5) is 5.95 Å². The van der Waals surface area contributed by atoms with Crippen molar-refractivity contribution in [3.8, 4) is 0 Å². The number of hydrogen-bond acceptors (Lipinski definition) is 7. The van der Waals surface area contributed by atoms with Gasteiger partial charge in [0, 0.05) is 57.9 Å². The molecule has 174 valence electrons. The summed E-state index contributed by atoms with van der Waals surface area (Å²) >= 11 is 0. The second kappa shape index (κ2) is 9.84. The summed E-state index contributed by atoms with van der Waals surface area (Å²) in [4.78, 5) is 33.9. The molecule has 9 heteroatoms. The van der Waals surface area contributed by atoms with Crippen LogP contribution in [0.15, 0.2) is 42.9 Å². The molecular weight excluding hydrogens is 416 g/mol. The number of carbonyl (C=O) groups excluding carboxylic acids is 1. The van der Waals surface area contributed by atoms with E-state index in [0.29, 0.717) is 18.2 Å². The largest absolute Gasteiger partial charge is 0.351 e. The first-order valence-corrected chi connectivity index (χ1v) is 11.9. The minimum absolute atomic E-state index is 0.0427. The summed E-state index contributed by atoms with van der Waals surface area (Å²) < 4.78 is 2.05. The average molecular weight is 449 g/mol. The van der Waals surface area contributed by atoms with Crippen molar-refractivity contribution < 1.29 is 4.79 Å². The summed E-state index contributed by atoms with van der Waals surface area (Å²) in [5, 5.41) is 3.10. The Morgan fingerprint density at radius 2 is 1.91 bits per heavy atom. The Hall–Kier alpha value is -3.04. The van der Waals surface area contributed by atoms with Gasteiger partial charge in [-0.1, -0.05) is 6.07 Å². The number of fused-ring (bicyclic) bond motifs is 1. The molecular formula is C24H32N8O. The highest BCUT2D eigenvalue weighted by atomic mass is 16.1. The SMILES string of the molecule is CN1CCN(CCCNC(=O)c2nc([C@H]3CCCN3c3ncccn3)n3ccccc23)CC1. The van der Waals surface area contributed by atoms with Crippen LogP contribution in [0.1, 0.15) is 41.6 Å². The molecule has 2 aliphatic heterocycles. The third-order valence-corrected chi connectivity index (χ3v) is 6.68. The van der Waals surface area contributed by atoms with Crippen molar-refractivity contribution in [1.29, 1.82) is 0 Å². The Kier molecular flexibility index (Phi) is 6.50. The highest BCUT2D eigenvalue weighted by molar-refractivity contribution is 5.99. The minimum Gasteiger partial charge on any atom is -0.351 e. The van der Waals surface area contributed by atoms with Gasteiger partial charge in [0.2, 0.25) is 5.95 Å². The first kappa shape index (κ1) is 21.8. The van der Waals surface area contributed by atoms with Crippen molar-refractivity contribution >= 4 is 17.4 Å². The maximum absolute atomic E-state index is 13.1. The van der Waals surface area contributed by atoms with Crippen LogP contribution >= 0.6 is 0 Å². The van der Waals surface area contributed by atoms with Crippen LogP contribution in [0.25, 0.3) is 5.52 Å². The fourth-order valence-corrected chi connectivity index (χ4v) is 4.84. The molecule has 1 amide bonds. The smallest absolute Gasteiger partial charge is 0.272 e. The molecule has 0 spiro atoms. The third kappa shape index (κ3) is 4.69. The van der Waals surface area contributed by atoms with Gasteiger partial charge in [0.15, 0.2) is 5.69 Å². The zero-order chi connectivity index (χ0) is 22.6. The molecule has 0 aliphatic carbocycles. The second-order valence-electron chi connectivity index (χ2n) is 8.93. The van der Waals surface area contributed by atoms with Gasteiger partial charge in [0.1, 0.15) is 5.82 Å². The lowest BCUT2D eigenvalue weighted by atomic mass is 10.2. The molecule has 0 aromatic carbocycles. The number of hydrogen-bond donors (Lipinski definition) is 1. The number of aromatic nitrogens is 4. The Bertz CT molecular complexity index is 1080. The van der Waals surface area contributed by atoms with Crippen LogP contribution in [0.5, 0.6) is 0 Å². The van der Waals surface area contributed by atoms with Crippen molar-refractivity contribution in [2.75, 3.05) is 57.8 Å². The minimum atomic E-state index is -0.108. The Labute approximate surface area is 194 Å². The van der Waals surface area contributed by atoms with E-state index in [1.807, 2.05) is 34.9 Å². The van der Waals surface area contributed by atoms with E-state index >= 15 is 0 Å². The van der Waals surface area contributed by atoms with Crippen LogP contribution < -0.4 is 10.2 Å². The molecule has 2 aliphatic rings. The van der Waals surface area contributed by atoms with Gasteiger partial charge in [-0.15, -0.1) is 0 Å². The van der Waals surface area contributed by atoms with Crippen LogP contribution in [0.3, 0.4) is 0 Å². The number of anilines is 1. The van der Waals surface area contributed by atoms with Gasteiger partial charge in [-0.05, 0) is 51.1 Å². The number of pyridine rings is 1. The fourth-order valence-electron chi connectivity index (χ4n) is 4.84. The van der Waals surface area contributed by atoms with E-state index in [2.05, 4.69) is 37.0 Å². The van der Waals surface area contributed by atoms with Gasteiger partial charge in [0.25, 0.3) is 5.91 Å². The summed E-state index contributed by atoms with van der Waals surface area (Å²) in [6.45, 7) is 6.97. The number of rotatable bonds is 7. The van der Waals surface area contributed by atoms with E-state index in [0.717, 1.165) is 69.9 Å². The number of imidazole rings is 1. The number of likely N-dealkylation sites (N-methyl/N-ethyl adjacent to an activating group) is 1. The van der Waals surface area contributed by atoms with Gasteiger partial charge < -0.3 is 24.4 Å². The molecule has 2 fully saturated rings. The standard InChI is InChI=1S/C24H32N8O/c1-29-15-17-30(18-16-29)12-6-11-25-23(33)21-19-7-2-3-13-31(19)22(28-21)20-8-4-14-32(20)24-26-9-5-10-27-24/h2-3,5,7,9-10,13,20H,4,6,8,11-12,14-18H2,1H3,(H,25,33)/t20-/m1/s1. The highest BCUT2D eigenvalue weighted by Crippen LogP contribution is 2.34. The van der Waals surface area contributed by atoms with E-state index in [-0.39, 0.29) is 11.9 Å². The van der Waals surface area contributed by atoms with Gasteiger partial charge in [-0.2, -0.15) is 0 Å². The van der Waals surface area contributed by atoms with E-state index in [9.17, 15) is 4.79 Å². The summed E-state index contributed by atoms with van der Waals surface area (Å²) in [5.74, 6) is 1.48. The molecule has 33 heavy (non-hydrogen) atoms. The molecule has 2 saturated heterocycles. The van der Waals surface area contributed by atoms with Crippen molar-refractivity contribution in [2.24, 2.45) is 0 Å². The molecule has 5 rings (SSSR count). The summed E-state index contributed by atoms with van der Waals surface area (Å²) in [6, 6.07) is 7.77. The van der Waals surface area contributed by atoms with Gasteiger partial charge in [0.05, 0.1) is 11.6 Å². The number of piperazine rings is 1. The van der Waals surface area contributed by atoms with E-state index < -0.39 is 0 Å². The molecule has 0 saturated carbocycles. The number of nitrogens with zero attached hydrogens (tertiary/aromatic N) is 7. The summed E-state index contributed by atoms with van der Waals surface area (Å²) in [7, 11) is 2.17. The van der Waals surface area contributed by atoms with E-state index in [1.54, 1.807) is 12.4 Å². The molecule has 1 atom stereocenters. The van der Waals surface area contributed by atoms with Crippen molar-refractivity contribution in [3.05, 3.63) is 54.4 Å². The Balaban J connectivity index is 1.29. The highest BCUT2D eigenvalue weighted by Gasteiger charge is 2.32. The normalized spacial score (nSPS) is 19.9. The molecule has 0 radical (unpaired) electrons. The van der Waals surface area contributed by atoms with Gasteiger partial charge >= 0.3 is 0 Å². The van der Waals surface area contributed by atoms with Crippen molar-refractivity contribution in [1.82, 2.24) is 34.5 Å². The lowest BCUT2D eigenvalue weighted by Gasteiger charge is -2.32. The summed E-state index contributed by atoms with van der Waals surface area (Å²) in [6.07, 6.45) is 8.46. The predicted molar refractivity (Wildman–Crippen MR) is 127 cm³/mol. The van der Waals surface area contributed by atoms with Crippen LogP contribution in [-0.4, -0.2) is 87.9 Å². The van der Waals surface area contributed by atoms with Crippen molar-refractivity contribution in [2.45, 2.75) is 25.3 Å². The average Bonchev–Trinajstić information content (AvgIpc) is 3.48. The quantitative estimate of drug-likeness (QED) is 0.552. The Morgan fingerprint density at radius 1 is 1.09 bits per heavy atom. The van der Waals surface area contributed by atoms with Gasteiger partial charge in [-0.3, -0.25) is 4.79 Å². The lowest BCUT2D eigenvalue weighted by molar-refractivity contribution is 0.0946. The van der Waals surface area contributed by atoms with Crippen LogP contribution in [-0.2, 0) is 0 Å². The third-order valence-electron chi connectivity index (χ3n) is 6.68. The maximum atomic E-state index is 13.1. The lowest BCUT2D eigenvalue weighted by Crippen LogP contribution is -2.45. The Morgan fingerprint density at radius 3 is 2.73 bits per heavy atom. The first-order chi connectivity index (χ1) is 16.2. The molecule has 9 nitrogen and oxygen atoms in total. The molecule has 1 N–H and O–H groups in total. The molecule has 3 aromatic rings. The number of nitrogens with one attached hydrogen (secondary N) is 1. The predicted octanol–water partition coefficient (Wildman–Crippen LogP) is 1.83. The zero-order valence-corrected chi connectivity index (χ0v) is 19.2. The number of carbonyl (C=O) groups is 1. The molecule has 0 unspecified atom stereocenters. The van der Waals surface area contributed by atoms with E-state index in [1.165, 1.54) is 0 Å². The van der Waals surface area contributed by atoms with E-state index in [4.69, 9.17) is 4.98 Å². The van der Waals surface area contributed by atoms with Crippen molar-refractivity contribution in [3.63, 3.8) is 0 Å². The fraction of sp³-hybridized carbons (Fsp3) is 0.500. The maximum Gasteiger partial charge on any atom is 0.272 e. The summed E-state index contributed by atoms with van der Waals surface area (Å²) in [5.41, 5.74) is 1.33. The molecule has 3 aromatic heterocycles.